The number of rotatable bonds is 4. The highest BCUT2D eigenvalue weighted by Crippen LogP contribution is 2.10. The summed E-state index contributed by atoms with van der Waals surface area (Å²) in [5, 5.41) is 3.37. The number of likely N-dealkylation sites (N-methyl/N-ethyl adjacent to an activating group) is 1. The average Bonchev–Trinajstić information content (AvgIpc) is 2.04. The monoisotopic (exact) mass is 242 g/mol. The molecule has 3 heteroatoms. The molecule has 1 aromatic heterocycles. The largest absolute Gasteiger partial charge is 0.314 e. The summed E-state index contributed by atoms with van der Waals surface area (Å²) >= 11 is 3.41. The van der Waals surface area contributed by atoms with Gasteiger partial charge in [0.2, 0.25) is 0 Å². The molecule has 0 bridgehead atoms. The van der Waals surface area contributed by atoms with Gasteiger partial charge in [0, 0.05) is 22.9 Å². The lowest BCUT2D eigenvalue weighted by Crippen LogP contribution is -2.27. The Balaban J connectivity index is 2.53. The Bertz CT molecular complexity index is 263. The maximum Gasteiger partial charge on any atom is 0.0410 e. The highest BCUT2D eigenvalue weighted by Gasteiger charge is 2.01. The fraction of sp³-hybridized carbons (Fsp3) is 0.500. The van der Waals surface area contributed by atoms with Crippen LogP contribution in [0.15, 0.2) is 22.9 Å². The molecule has 72 valence electrons. The normalized spacial score (nSPS) is 12.8. The summed E-state index contributed by atoms with van der Waals surface area (Å²) in [5.41, 5.74) is 1.27. The summed E-state index contributed by atoms with van der Waals surface area (Å²) in [5.74, 6) is 0. The smallest absolute Gasteiger partial charge is 0.0410 e. The second-order valence-electron chi connectivity index (χ2n) is 3.17. The highest BCUT2D eigenvalue weighted by molar-refractivity contribution is 9.10. The molecule has 0 saturated carbocycles. The molecule has 1 heterocycles. The molecule has 0 aliphatic heterocycles. The Morgan fingerprint density at radius 2 is 2.31 bits per heavy atom. The molecule has 2 nitrogen and oxygen atoms in total. The standard InChI is InChI=1S/C10H15BrN2/c1-3-13-8(2)4-9-5-10(11)7-12-6-9/h5-8,13H,3-4H2,1-2H3. The zero-order valence-corrected chi connectivity index (χ0v) is 9.63. The van der Waals surface area contributed by atoms with Crippen LogP contribution in [0.25, 0.3) is 0 Å². The van der Waals surface area contributed by atoms with E-state index in [9.17, 15) is 0 Å². The molecular formula is C10H15BrN2. The van der Waals surface area contributed by atoms with Crippen molar-refractivity contribution >= 4 is 15.9 Å². The van der Waals surface area contributed by atoms with Gasteiger partial charge in [0.05, 0.1) is 0 Å². The molecule has 0 aromatic carbocycles. The number of pyridine rings is 1. The number of nitrogens with zero attached hydrogens (tertiary/aromatic N) is 1. The van der Waals surface area contributed by atoms with Crippen molar-refractivity contribution in [1.29, 1.82) is 0 Å². The van der Waals surface area contributed by atoms with Crippen molar-refractivity contribution in [3.63, 3.8) is 0 Å². The van der Waals surface area contributed by atoms with E-state index in [2.05, 4.69) is 46.1 Å². The van der Waals surface area contributed by atoms with E-state index in [1.54, 1.807) is 6.20 Å². The van der Waals surface area contributed by atoms with Gasteiger partial charge in [-0.3, -0.25) is 4.98 Å². The van der Waals surface area contributed by atoms with Gasteiger partial charge in [-0.1, -0.05) is 6.92 Å². The number of hydrogen-bond donors (Lipinski definition) is 1. The van der Waals surface area contributed by atoms with E-state index in [1.807, 2.05) is 6.20 Å². The first-order valence-corrected chi connectivity index (χ1v) is 5.34. The minimum Gasteiger partial charge on any atom is -0.314 e. The summed E-state index contributed by atoms with van der Waals surface area (Å²) in [7, 11) is 0. The Hall–Kier alpha value is -0.410. The van der Waals surface area contributed by atoms with Gasteiger partial charge < -0.3 is 5.32 Å². The lowest BCUT2D eigenvalue weighted by molar-refractivity contribution is 0.564. The van der Waals surface area contributed by atoms with Gasteiger partial charge in [0.25, 0.3) is 0 Å². The molecule has 0 amide bonds. The quantitative estimate of drug-likeness (QED) is 0.878. The molecule has 1 aromatic rings. The van der Waals surface area contributed by atoms with Crippen LogP contribution in [-0.2, 0) is 6.42 Å². The minimum absolute atomic E-state index is 0.515. The predicted molar refractivity (Wildman–Crippen MR) is 58.8 cm³/mol. The van der Waals surface area contributed by atoms with Crippen LogP contribution in [-0.4, -0.2) is 17.6 Å². The van der Waals surface area contributed by atoms with Crippen molar-refractivity contribution < 1.29 is 0 Å². The maximum absolute atomic E-state index is 4.12. The lowest BCUT2D eigenvalue weighted by Gasteiger charge is -2.11. The van der Waals surface area contributed by atoms with Crippen LogP contribution < -0.4 is 5.32 Å². The molecule has 1 rings (SSSR count). The van der Waals surface area contributed by atoms with Gasteiger partial charge >= 0.3 is 0 Å². The van der Waals surface area contributed by atoms with Crippen molar-refractivity contribution in [2.24, 2.45) is 0 Å². The maximum atomic E-state index is 4.12. The number of hydrogen-bond acceptors (Lipinski definition) is 2. The third-order valence-corrected chi connectivity index (χ3v) is 2.29. The van der Waals surface area contributed by atoms with E-state index >= 15 is 0 Å². The molecule has 1 unspecified atom stereocenters. The van der Waals surface area contributed by atoms with Gasteiger partial charge in [0.1, 0.15) is 0 Å². The zero-order valence-electron chi connectivity index (χ0n) is 8.05. The Labute approximate surface area is 87.9 Å². The second-order valence-corrected chi connectivity index (χ2v) is 4.09. The van der Waals surface area contributed by atoms with Gasteiger partial charge in [-0.25, -0.2) is 0 Å². The van der Waals surface area contributed by atoms with E-state index in [4.69, 9.17) is 0 Å². The van der Waals surface area contributed by atoms with E-state index in [-0.39, 0.29) is 0 Å². The van der Waals surface area contributed by atoms with E-state index in [0.717, 1.165) is 17.4 Å². The van der Waals surface area contributed by atoms with Crippen LogP contribution in [0.1, 0.15) is 19.4 Å². The molecule has 1 atom stereocenters. The van der Waals surface area contributed by atoms with Crippen molar-refractivity contribution in [2.75, 3.05) is 6.54 Å². The lowest BCUT2D eigenvalue weighted by atomic mass is 10.1. The molecule has 0 fully saturated rings. The van der Waals surface area contributed by atoms with Crippen molar-refractivity contribution in [1.82, 2.24) is 10.3 Å². The molecule has 0 spiro atoms. The average molecular weight is 243 g/mol. The van der Waals surface area contributed by atoms with Crippen LogP contribution in [0.2, 0.25) is 0 Å². The summed E-state index contributed by atoms with van der Waals surface area (Å²) in [6, 6.07) is 2.63. The van der Waals surface area contributed by atoms with Crippen LogP contribution in [0.5, 0.6) is 0 Å². The number of aromatic nitrogens is 1. The third kappa shape index (κ3) is 3.87. The predicted octanol–water partition coefficient (Wildman–Crippen LogP) is 2.38. The van der Waals surface area contributed by atoms with Gasteiger partial charge in [0.15, 0.2) is 0 Å². The Morgan fingerprint density at radius 3 is 2.92 bits per heavy atom. The number of nitrogens with one attached hydrogen (secondary N) is 1. The van der Waals surface area contributed by atoms with Crippen LogP contribution >= 0.6 is 15.9 Å². The summed E-state index contributed by atoms with van der Waals surface area (Å²) in [4.78, 5) is 4.12. The van der Waals surface area contributed by atoms with Crippen LogP contribution in [0.4, 0.5) is 0 Å². The summed E-state index contributed by atoms with van der Waals surface area (Å²) in [6.45, 7) is 5.32. The van der Waals surface area contributed by atoms with Gasteiger partial charge in [-0.2, -0.15) is 0 Å². The third-order valence-electron chi connectivity index (χ3n) is 1.86. The molecule has 0 aliphatic rings. The molecule has 1 N–H and O–H groups in total. The second kappa shape index (κ2) is 5.35. The van der Waals surface area contributed by atoms with Crippen molar-refractivity contribution in [3.05, 3.63) is 28.5 Å². The number of halogens is 1. The summed E-state index contributed by atoms with van der Waals surface area (Å²) < 4.78 is 1.05. The van der Waals surface area contributed by atoms with Gasteiger partial charge in [-0.15, -0.1) is 0 Å². The SMILES string of the molecule is CCNC(C)Cc1cncc(Br)c1. The van der Waals surface area contributed by atoms with Crippen LogP contribution in [0.3, 0.4) is 0 Å². The van der Waals surface area contributed by atoms with E-state index in [0.29, 0.717) is 6.04 Å². The van der Waals surface area contributed by atoms with Crippen LogP contribution in [0, 0.1) is 0 Å². The minimum atomic E-state index is 0.515. The van der Waals surface area contributed by atoms with Crippen molar-refractivity contribution in [3.8, 4) is 0 Å². The Morgan fingerprint density at radius 1 is 1.54 bits per heavy atom. The highest BCUT2D eigenvalue weighted by atomic mass is 79.9. The fourth-order valence-corrected chi connectivity index (χ4v) is 1.75. The molecule has 0 radical (unpaired) electrons. The van der Waals surface area contributed by atoms with E-state index < -0.39 is 0 Å². The first kappa shape index (κ1) is 10.7. The zero-order chi connectivity index (χ0) is 9.68. The summed E-state index contributed by atoms with van der Waals surface area (Å²) in [6.07, 6.45) is 4.75. The first-order chi connectivity index (χ1) is 6.22. The molecular weight excluding hydrogens is 228 g/mol. The van der Waals surface area contributed by atoms with E-state index in [1.165, 1.54) is 5.56 Å². The topological polar surface area (TPSA) is 24.9 Å². The molecule has 0 saturated heterocycles. The van der Waals surface area contributed by atoms with Gasteiger partial charge in [-0.05, 0) is 47.4 Å². The van der Waals surface area contributed by atoms with Crippen molar-refractivity contribution in [2.45, 2.75) is 26.3 Å². The fourth-order valence-electron chi connectivity index (χ4n) is 1.34. The first-order valence-electron chi connectivity index (χ1n) is 4.55. The molecule has 13 heavy (non-hydrogen) atoms. The molecule has 0 aliphatic carbocycles. The Kier molecular flexibility index (Phi) is 4.39.